The minimum atomic E-state index is -0.707. The molecule has 4 aromatic rings. The van der Waals surface area contributed by atoms with Crippen molar-refractivity contribution >= 4 is 16.8 Å². The Balaban J connectivity index is 1.42. The van der Waals surface area contributed by atoms with Crippen LogP contribution in [-0.2, 0) is 18.2 Å². The Labute approximate surface area is 192 Å². The summed E-state index contributed by atoms with van der Waals surface area (Å²) >= 11 is 0. The van der Waals surface area contributed by atoms with Crippen molar-refractivity contribution in [3.63, 3.8) is 0 Å². The van der Waals surface area contributed by atoms with Crippen molar-refractivity contribution in [1.82, 2.24) is 20.1 Å². The molecule has 0 saturated carbocycles. The molecule has 5 rings (SSSR count). The summed E-state index contributed by atoms with van der Waals surface area (Å²) in [5, 5.41) is 18.3. The number of carbonyl (C=O) groups is 1. The van der Waals surface area contributed by atoms with Gasteiger partial charge in [-0.2, -0.15) is 5.10 Å². The normalized spacial score (nSPS) is 18.4. The summed E-state index contributed by atoms with van der Waals surface area (Å²) in [6.07, 6.45) is 4.39. The lowest BCUT2D eigenvalue weighted by molar-refractivity contribution is -0.0261. The number of pyridine rings is 1. The summed E-state index contributed by atoms with van der Waals surface area (Å²) in [4.78, 5) is 17.6. The van der Waals surface area contributed by atoms with Gasteiger partial charge in [0.2, 0.25) is 0 Å². The van der Waals surface area contributed by atoms with Crippen molar-refractivity contribution < 1.29 is 14.6 Å². The number of hydrogen-bond acceptors (Lipinski definition) is 5. The third-order valence-corrected chi connectivity index (χ3v) is 6.06. The Bertz CT molecular complexity index is 1280. The summed E-state index contributed by atoms with van der Waals surface area (Å²) in [6, 6.07) is 17.8. The first kappa shape index (κ1) is 21.3. The molecule has 2 N–H and O–H groups in total. The molecule has 168 valence electrons. The second-order valence-electron chi connectivity index (χ2n) is 8.47. The van der Waals surface area contributed by atoms with Crippen LogP contribution in [0.2, 0.25) is 0 Å². The van der Waals surface area contributed by atoms with Crippen LogP contribution in [0.5, 0.6) is 0 Å². The molecule has 2 unspecified atom stereocenters. The fraction of sp³-hybridized carbons (Fsp3) is 0.269. The number of nitrogens with zero attached hydrogens (tertiary/aromatic N) is 3. The van der Waals surface area contributed by atoms with Gasteiger partial charge in [0.1, 0.15) is 5.69 Å². The second-order valence-corrected chi connectivity index (χ2v) is 8.47. The van der Waals surface area contributed by atoms with E-state index >= 15 is 0 Å². The third-order valence-electron chi connectivity index (χ3n) is 6.06. The summed E-state index contributed by atoms with van der Waals surface area (Å²) in [7, 11) is 1.91. The average molecular weight is 443 g/mol. The maximum absolute atomic E-state index is 13.0. The van der Waals surface area contributed by atoms with E-state index in [-0.39, 0.29) is 18.6 Å². The maximum atomic E-state index is 13.0. The number of benzene rings is 2. The summed E-state index contributed by atoms with van der Waals surface area (Å²) in [5.41, 5.74) is 5.50. The molecule has 1 aliphatic heterocycles. The van der Waals surface area contributed by atoms with Gasteiger partial charge in [0, 0.05) is 30.8 Å². The van der Waals surface area contributed by atoms with Gasteiger partial charge in [-0.1, -0.05) is 42.5 Å². The number of aliphatic hydroxyl groups excluding tert-OH is 1. The number of aromatic nitrogens is 3. The van der Waals surface area contributed by atoms with E-state index in [4.69, 9.17) is 4.74 Å². The predicted octanol–water partition coefficient (Wildman–Crippen LogP) is 3.11. The number of carbonyl (C=O) groups excluding carboxylic acids is 1. The quantitative estimate of drug-likeness (QED) is 0.496. The van der Waals surface area contributed by atoms with Crippen LogP contribution >= 0.6 is 0 Å². The van der Waals surface area contributed by atoms with Crippen LogP contribution in [0.25, 0.3) is 22.0 Å². The molecule has 0 aliphatic carbocycles. The molecule has 7 nitrogen and oxygen atoms in total. The first-order chi connectivity index (χ1) is 16.1. The van der Waals surface area contributed by atoms with Crippen molar-refractivity contribution in [3.8, 4) is 11.1 Å². The Hall–Kier alpha value is -3.55. The van der Waals surface area contributed by atoms with E-state index < -0.39 is 6.10 Å². The molecule has 33 heavy (non-hydrogen) atoms. The highest BCUT2D eigenvalue weighted by atomic mass is 16.5. The molecule has 1 aliphatic rings. The van der Waals surface area contributed by atoms with Crippen LogP contribution in [0.4, 0.5) is 0 Å². The average Bonchev–Trinajstić information content (AvgIpc) is 3.27. The molecule has 2 aromatic carbocycles. The Morgan fingerprint density at radius 2 is 2.00 bits per heavy atom. The van der Waals surface area contributed by atoms with Crippen LogP contribution < -0.4 is 5.32 Å². The van der Waals surface area contributed by atoms with Gasteiger partial charge in [0.15, 0.2) is 0 Å². The molecule has 7 heteroatoms. The van der Waals surface area contributed by atoms with Gasteiger partial charge in [-0.05, 0) is 41.7 Å². The highest BCUT2D eigenvalue weighted by molar-refractivity contribution is 5.96. The maximum Gasteiger partial charge on any atom is 0.270 e. The van der Waals surface area contributed by atoms with Crippen molar-refractivity contribution in [1.29, 1.82) is 0 Å². The van der Waals surface area contributed by atoms with E-state index in [2.05, 4.69) is 39.7 Å². The van der Waals surface area contributed by atoms with Crippen molar-refractivity contribution in [2.75, 3.05) is 13.2 Å². The molecule has 0 bridgehead atoms. The van der Waals surface area contributed by atoms with E-state index in [1.165, 1.54) is 0 Å². The van der Waals surface area contributed by atoms with Gasteiger partial charge < -0.3 is 15.2 Å². The molecular weight excluding hydrogens is 416 g/mol. The number of aryl methyl sites for hydroxylation is 1. The molecular formula is C26H26N4O3. The fourth-order valence-electron chi connectivity index (χ4n) is 4.25. The molecule has 2 aromatic heterocycles. The topological polar surface area (TPSA) is 89.3 Å². The Morgan fingerprint density at radius 1 is 1.18 bits per heavy atom. The summed E-state index contributed by atoms with van der Waals surface area (Å²) in [5.74, 6) is -0.278. The summed E-state index contributed by atoms with van der Waals surface area (Å²) < 4.78 is 7.05. The number of fused-ring (bicyclic) bond motifs is 1. The smallest absolute Gasteiger partial charge is 0.270 e. The number of para-hydroxylation sites is 1. The van der Waals surface area contributed by atoms with Crippen molar-refractivity contribution in [2.24, 2.45) is 7.05 Å². The third kappa shape index (κ3) is 4.65. The molecule has 2 atom stereocenters. The number of hydrogen-bond donors (Lipinski definition) is 2. The lowest BCUT2D eigenvalue weighted by Gasteiger charge is -2.28. The van der Waals surface area contributed by atoms with E-state index in [9.17, 15) is 9.90 Å². The number of amides is 1. The van der Waals surface area contributed by atoms with Gasteiger partial charge >= 0.3 is 0 Å². The Morgan fingerprint density at radius 3 is 2.76 bits per heavy atom. The lowest BCUT2D eigenvalue weighted by Crippen LogP contribution is -2.48. The highest BCUT2D eigenvalue weighted by Crippen LogP contribution is 2.24. The molecule has 1 saturated heterocycles. The summed E-state index contributed by atoms with van der Waals surface area (Å²) in [6.45, 7) is 0.754. The van der Waals surface area contributed by atoms with Gasteiger partial charge in [-0.15, -0.1) is 0 Å². The van der Waals surface area contributed by atoms with E-state index in [1.807, 2.05) is 49.8 Å². The predicted molar refractivity (Wildman–Crippen MR) is 126 cm³/mol. The SMILES string of the molecule is Cn1cc(-c2ccc(Cc3cc(C(=O)NC4CCOCC4O)nc4ccccc34)cc2)cn1. The van der Waals surface area contributed by atoms with Gasteiger partial charge in [-0.3, -0.25) is 9.48 Å². The monoisotopic (exact) mass is 442 g/mol. The minimum Gasteiger partial charge on any atom is -0.389 e. The van der Waals surface area contributed by atoms with Crippen LogP contribution in [0.1, 0.15) is 28.0 Å². The largest absolute Gasteiger partial charge is 0.389 e. The highest BCUT2D eigenvalue weighted by Gasteiger charge is 2.26. The van der Waals surface area contributed by atoms with E-state index in [1.54, 1.807) is 4.68 Å². The number of aliphatic hydroxyl groups is 1. The van der Waals surface area contributed by atoms with Crippen molar-refractivity contribution in [2.45, 2.75) is 25.0 Å². The van der Waals surface area contributed by atoms with Gasteiger partial charge in [-0.25, -0.2) is 4.98 Å². The number of nitrogens with one attached hydrogen (secondary N) is 1. The zero-order chi connectivity index (χ0) is 22.8. The lowest BCUT2D eigenvalue weighted by atomic mass is 9.98. The second kappa shape index (κ2) is 9.13. The zero-order valence-corrected chi connectivity index (χ0v) is 18.4. The minimum absolute atomic E-state index is 0.233. The van der Waals surface area contributed by atoms with Crippen LogP contribution in [0.15, 0.2) is 67.0 Å². The fourth-order valence-corrected chi connectivity index (χ4v) is 4.25. The van der Waals surface area contributed by atoms with Crippen LogP contribution in [0.3, 0.4) is 0 Å². The van der Waals surface area contributed by atoms with Gasteiger partial charge in [0.05, 0.1) is 30.5 Å². The molecule has 0 spiro atoms. The van der Waals surface area contributed by atoms with E-state index in [0.717, 1.165) is 33.2 Å². The molecule has 0 radical (unpaired) electrons. The van der Waals surface area contributed by atoms with Crippen molar-refractivity contribution in [3.05, 3.63) is 83.8 Å². The molecule has 3 heterocycles. The first-order valence-electron chi connectivity index (χ1n) is 11.1. The van der Waals surface area contributed by atoms with E-state index in [0.29, 0.717) is 25.1 Å². The molecule has 1 fully saturated rings. The number of ether oxygens (including phenoxy) is 1. The Kier molecular flexibility index (Phi) is 5.90. The van der Waals surface area contributed by atoms with Gasteiger partial charge in [0.25, 0.3) is 5.91 Å². The van der Waals surface area contributed by atoms with Crippen LogP contribution in [-0.4, -0.2) is 51.1 Å². The number of rotatable bonds is 5. The molecule has 1 amide bonds. The first-order valence-corrected chi connectivity index (χ1v) is 11.1. The van der Waals surface area contributed by atoms with Crippen LogP contribution in [0, 0.1) is 0 Å². The standard InChI is InChI=1S/C26H26N4O3/c1-30-15-20(14-27-30)18-8-6-17(7-9-18)12-19-13-24(28-22-5-3-2-4-21(19)22)26(32)29-23-10-11-33-16-25(23)31/h2-9,13-15,23,25,31H,10-12,16H2,1H3,(H,29,32). The zero-order valence-electron chi connectivity index (χ0n) is 18.4.